The lowest BCUT2D eigenvalue weighted by atomic mass is 10.2. The molecule has 2 rings (SSSR count). The van der Waals surface area contributed by atoms with Gasteiger partial charge in [-0.25, -0.2) is 4.79 Å². The second kappa shape index (κ2) is 5.89. The number of carbonyl (C=O) groups is 1. The average Bonchev–Trinajstić information content (AvgIpc) is 3.04. The summed E-state index contributed by atoms with van der Waals surface area (Å²) in [5.74, 6) is 0. The van der Waals surface area contributed by atoms with Crippen molar-refractivity contribution in [3.8, 4) is 0 Å². The van der Waals surface area contributed by atoms with Gasteiger partial charge in [-0.1, -0.05) is 30.3 Å². The summed E-state index contributed by atoms with van der Waals surface area (Å²) in [5.41, 5.74) is 6.64. The highest BCUT2D eigenvalue weighted by atomic mass is 35.5. The van der Waals surface area contributed by atoms with Crippen molar-refractivity contribution in [1.82, 2.24) is 5.32 Å². The molecule has 0 aromatic heterocycles. The topological polar surface area (TPSA) is 64.3 Å². The van der Waals surface area contributed by atoms with Crippen LogP contribution in [0.4, 0.5) is 4.79 Å². The fraction of sp³-hybridized carbons (Fsp3) is 0.417. The second-order valence-electron chi connectivity index (χ2n) is 4.28. The third-order valence-corrected chi connectivity index (χ3v) is 2.69. The summed E-state index contributed by atoms with van der Waals surface area (Å²) in [5, 5.41) is 2.67. The first-order chi connectivity index (χ1) is 7.68. The molecule has 1 fully saturated rings. The van der Waals surface area contributed by atoms with E-state index in [1.54, 1.807) is 0 Å². The second-order valence-corrected chi connectivity index (χ2v) is 4.28. The van der Waals surface area contributed by atoms with E-state index in [1.807, 2.05) is 30.3 Å². The number of nitrogens with one attached hydrogen (secondary N) is 1. The molecule has 5 heteroatoms. The Balaban J connectivity index is 0.00000144. The Kier molecular flexibility index (Phi) is 4.78. The number of nitrogens with two attached hydrogens (primary N) is 1. The highest BCUT2D eigenvalue weighted by molar-refractivity contribution is 5.85. The number of alkyl carbamates (subject to hydrolysis) is 1. The zero-order valence-corrected chi connectivity index (χ0v) is 10.3. The van der Waals surface area contributed by atoms with E-state index in [9.17, 15) is 4.79 Å². The first-order valence-corrected chi connectivity index (χ1v) is 5.41. The van der Waals surface area contributed by atoms with Gasteiger partial charge < -0.3 is 15.8 Å². The molecule has 1 aromatic rings. The van der Waals surface area contributed by atoms with Crippen molar-refractivity contribution >= 4 is 18.5 Å². The molecule has 4 nitrogen and oxygen atoms in total. The predicted molar refractivity (Wildman–Crippen MR) is 68.0 cm³/mol. The van der Waals surface area contributed by atoms with Crippen LogP contribution < -0.4 is 11.1 Å². The Bertz CT molecular complexity index is 366. The van der Waals surface area contributed by atoms with Gasteiger partial charge in [-0.05, 0) is 18.4 Å². The molecule has 17 heavy (non-hydrogen) atoms. The Morgan fingerprint density at radius 1 is 1.35 bits per heavy atom. The highest BCUT2D eigenvalue weighted by Gasteiger charge is 2.38. The van der Waals surface area contributed by atoms with Crippen LogP contribution in [-0.4, -0.2) is 18.2 Å². The van der Waals surface area contributed by atoms with Crippen LogP contribution in [0.5, 0.6) is 0 Å². The van der Waals surface area contributed by atoms with Crippen molar-refractivity contribution in [2.75, 3.05) is 6.54 Å². The van der Waals surface area contributed by atoms with Crippen LogP contribution >= 0.6 is 12.4 Å². The summed E-state index contributed by atoms with van der Waals surface area (Å²) in [4.78, 5) is 11.3. The fourth-order valence-electron chi connectivity index (χ4n) is 1.36. The summed E-state index contributed by atoms with van der Waals surface area (Å²) in [6.45, 7) is 0.796. The molecule has 1 saturated carbocycles. The molecule has 0 aliphatic heterocycles. The number of hydrogen-bond donors (Lipinski definition) is 2. The molecule has 1 aromatic carbocycles. The van der Waals surface area contributed by atoms with Crippen molar-refractivity contribution in [3.05, 3.63) is 35.9 Å². The van der Waals surface area contributed by atoms with Gasteiger partial charge in [0.15, 0.2) is 0 Å². The van der Waals surface area contributed by atoms with Gasteiger partial charge in [0.05, 0.1) is 0 Å². The summed E-state index contributed by atoms with van der Waals surface area (Å²) in [6.07, 6.45) is 1.55. The van der Waals surface area contributed by atoms with Crippen LogP contribution in [0.15, 0.2) is 30.3 Å². The van der Waals surface area contributed by atoms with Crippen molar-refractivity contribution in [3.63, 3.8) is 0 Å². The number of rotatable bonds is 4. The Morgan fingerprint density at radius 3 is 2.59 bits per heavy atom. The number of carbonyl (C=O) groups excluding carboxylic acids is 1. The van der Waals surface area contributed by atoms with E-state index >= 15 is 0 Å². The third kappa shape index (κ3) is 4.63. The molecule has 1 amide bonds. The molecule has 0 radical (unpaired) electrons. The largest absolute Gasteiger partial charge is 0.445 e. The molecule has 0 bridgehead atoms. The molecule has 0 heterocycles. The molecule has 0 spiro atoms. The molecular formula is C12H17ClN2O2. The Hall–Kier alpha value is -1.26. The molecule has 1 aliphatic rings. The van der Waals surface area contributed by atoms with Crippen molar-refractivity contribution in [1.29, 1.82) is 0 Å². The highest BCUT2D eigenvalue weighted by Crippen LogP contribution is 2.30. The Labute approximate surface area is 107 Å². The van der Waals surface area contributed by atoms with E-state index in [4.69, 9.17) is 10.5 Å². The molecule has 1 aliphatic carbocycles. The maximum absolute atomic E-state index is 11.3. The van der Waals surface area contributed by atoms with Gasteiger partial charge >= 0.3 is 6.09 Å². The SMILES string of the molecule is Cl.NC1(CNC(=O)OCc2ccccc2)CC1. The van der Waals surface area contributed by atoms with E-state index < -0.39 is 6.09 Å². The lowest BCUT2D eigenvalue weighted by Gasteiger charge is -2.10. The van der Waals surface area contributed by atoms with E-state index in [-0.39, 0.29) is 17.9 Å². The van der Waals surface area contributed by atoms with Crippen LogP contribution in [-0.2, 0) is 11.3 Å². The number of halogens is 1. The average molecular weight is 257 g/mol. The quantitative estimate of drug-likeness (QED) is 0.864. The van der Waals surface area contributed by atoms with Gasteiger partial charge in [0.2, 0.25) is 0 Å². The van der Waals surface area contributed by atoms with Crippen molar-refractivity contribution < 1.29 is 9.53 Å². The minimum Gasteiger partial charge on any atom is -0.445 e. The number of benzene rings is 1. The van der Waals surface area contributed by atoms with E-state index in [2.05, 4.69) is 5.32 Å². The van der Waals surface area contributed by atoms with Crippen molar-refractivity contribution in [2.45, 2.75) is 25.0 Å². The first kappa shape index (κ1) is 13.8. The minimum atomic E-state index is -0.402. The van der Waals surface area contributed by atoms with Crippen LogP contribution in [0.2, 0.25) is 0 Å². The smallest absolute Gasteiger partial charge is 0.407 e. The lowest BCUT2D eigenvalue weighted by Crippen LogP contribution is -2.39. The van der Waals surface area contributed by atoms with E-state index in [1.165, 1.54) is 0 Å². The molecule has 0 unspecified atom stereocenters. The zero-order valence-electron chi connectivity index (χ0n) is 9.52. The lowest BCUT2D eigenvalue weighted by molar-refractivity contribution is 0.138. The Morgan fingerprint density at radius 2 is 2.00 bits per heavy atom. The maximum Gasteiger partial charge on any atom is 0.407 e. The monoisotopic (exact) mass is 256 g/mol. The number of hydrogen-bond acceptors (Lipinski definition) is 3. The molecule has 0 saturated heterocycles. The molecule has 94 valence electrons. The van der Waals surface area contributed by atoms with Gasteiger partial charge in [0.1, 0.15) is 6.61 Å². The van der Waals surface area contributed by atoms with Crippen LogP contribution in [0.25, 0.3) is 0 Å². The van der Waals surface area contributed by atoms with Gasteiger partial charge in [-0.2, -0.15) is 0 Å². The summed E-state index contributed by atoms with van der Waals surface area (Å²) < 4.78 is 5.05. The van der Waals surface area contributed by atoms with Crippen molar-refractivity contribution in [2.24, 2.45) is 5.73 Å². The standard InChI is InChI=1S/C12H16N2O2.ClH/c13-12(6-7-12)9-14-11(15)16-8-10-4-2-1-3-5-10;/h1-5H,6-9,13H2,(H,14,15);1H. The summed E-state index contributed by atoms with van der Waals surface area (Å²) in [7, 11) is 0. The van der Waals surface area contributed by atoms with Gasteiger partial charge in [-0.3, -0.25) is 0 Å². The van der Waals surface area contributed by atoms with Crippen LogP contribution in [0.1, 0.15) is 18.4 Å². The summed E-state index contributed by atoms with van der Waals surface area (Å²) in [6, 6.07) is 9.58. The van der Waals surface area contributed by atoms with Crippen LogP contribution in [0, 0.1) is 0 Å². The van der Waals surface area contributed by atoms with Crippen LogP contribution in [0.3, 0.4) is 0 Å². The molecule has 3 N–H and O–H groups in total. The fourth-order valence-corrected chi connectivity index (χ4v) is 1.36. The van der Waals surface area contributed by atoms with Gasteiger partial charge in [0, 0.05) is 12.1 Å². The molecule has 0 atom stereocenters. The molecular weight excluding hydrogens is 240 g/mol. The van der Waals surface area contributed by atoms with E-state index in [0.717, 1.165) is 18.4 Å². The van der Waals surface area contributed by atoms with Gasteiger partial charge in [0.25, 0.3) is 0 Å². The van der Waals surface area contributed by atoms with E-state index in [0.29, 0.717) is 13.2 Å². The normalized spacial score (nSPS) is 15.6. The predicted octanol–water partition coefficient (Wildman–Crippen LogP) is 1.83. The third-order valence-electron chi connectivity index (χ3n) is 2.69. The minimum absolute atomic E-state index is 0. The summed E-state index contributed by atoms with van der Waals surface area (Å²) >= 11 is 0. The van der Waals surface area contributed by atoms with Gasteiger partial charge in [-0.15, -0.1) is 12.4 Å². The first-order valence-electron chi connectivity index (χ1n) is 5.41. The number of amides is 1. The maximum atomic E-state index is 11.3. The number of ether oxygens (including phenoxy) is 1. The zero-order chi connectivity index (χ0) is 11.4.